The Hall–Kier alpha value is -3.00. The molecule has 1 heterocycles. The van der Waals surface area contributed by atoms with Gasteiger partial charge in [0.25, 0.3) is 0 Å². The summed E-state index contributed by atoms with van der Waals surface area (Å²) in [5.74, 6) is 0.988. The van der Waals surface area contributed by atoms with Gasteiger partial charge in [0.1, 0.15) is 19.8 Å². The van der Waals surface area contributed by atoms with Crippen LogP contribution in [0.5, 0.6) is 11.5 Å². The molecule has 5 nitrogen and oxygen atoms in total. The lowest BCUT2D eigenvalue weighted by atomic mass is 10.1. The number of esters is 1. The third-order valence-electron chi connectivity index (χ3n) is 3.48. The number of ether oxygens (including phenoxy) is 3. The first kappa shape index (κ1) is 14.9. The van der Waals surface area contributed by atoms with Gasteiger partial charge in [-0.1, -0.05) is 24.3 Å². The van der Waals surface area contributed by atoms with Gasteiger partial charge in [-0.05, 0) is 23.8 Å². The minimum Gasteiger partial charge on any atom is -0.486 e. The first-order valence-corrected chi connectivity index (χ1v) is 7.28. The van der Waals surface area contributed by atoms with Crippen molar-refractivity contribution in [3.8, 4) is 17.6 Å². The molecule has 2 aromatic carbocycles. The number of nitriles is 1. The summed E-state index contributed by atoms with van der Waals surface area (Å²) in [7, 11) is 0. The summed E-state index contributed by atoms with van der Waals surface area (Å²) in [4.78, 5) is 12.0. The molecule has 0 amide bonds. The van der Waals surface area contributed by atoms with Crippen molar-refractivity contribution in [3.63, 3.8) is 0 Å². The molecule has 0 saturated heterocycles. The predicted octanol–water partition coefficient (Wildman–Crippen LogP) is 2.62. The van der Waals surface area contributed by atoms with Crippen molar-refractivity contribution < 1.29 is 19.0 Å². The number of nitrogens with zero attached hydrogens (tertiary/aromatic N) is 1. The summed E-state index contributed by atoms with van der Waals surface area (Å²) < 4.78 is 16.2. The van der Waals surface area contributed by atoms with Gasteiger partial charge in [-0.25, -0.2) is 0 Å². The molecular formula is C18H15NO4. The number of rotatable bonds is 4. The fraction of sp³-hybridized carbons (Fsp3) is 0.222. The van der Waals surface area contributed by atoms with Crippen LogP contribution in [0.4, 0.5) is 0 Å². The molecule has 2 aromatic rings. The average Bonchev–Trinajstić information content (AvgIpc) is 2.60. The number of hydrogen-bond donors (Lipinski definition) is 0. The monoisotopic (exact) mass is 309 g/mol. The molecule has 5 heteroatoms. The molecule has 0 atom stereocenters. The minimum absolute atomic E-state index is 0.0904. The fourth-order valence-corrected chi connectivity index (χ4v) is 2.33. The highest BCUT2D eigenvalue weighted by Crippen LogP contribution is 2.30. The SMILES string of the molecule is N#Cc1ccccc1COC(=O)Cc1ccc2c(c1)OCCO2. The Labute approximate surface area is 134 Å². The van der Waals surface area contributed by atoms with E-state index in [1.165, 1.54) is 0 Å². The molecule has 3 rings (SSSR count). The topological polar surface area (TPSA) is 68.5 Å². The van der Waals surface area contributed by atoms with Crippen LogP contribution < -0.4 is 9.47 Å². The van der Waals surface area contributed by atoms with Crippen molar-refractivity contribution in [3.05, 3.63) is 59.2 Å². The van der Waals surface area contributed by atoms with Crippen molar-refractivity contribution in [2.75, 3.05) is 13.2 Å². The van der Waals surface area contributed by atoms with Crippen LogP contribution >= 0.6 is 0 Å². The molecule has 116 valence electrons. The van der Waals surface area contributed by atoms with Crippen LogP contribution in [0.15, 0.2) is 42.5 Å². The van der Waals surface area contributed by atoms with E-state index in [4.69, 9.17) is 19.5 Å². The minimum atomic E-state index is -0.352. The van der Waals surface area contributed by atoms with Gasteiger partial charge >= 0.3 is 5.97 Å². The third kappa shape index (κ3) is 3.61. The smallest absolute Gasteiger partial charge is 0.310 e. The molecule has 0 fully saturated rings. The molecule has 0 unspecified atom stereocenters. The van der Waals surface area contributed by atoms with Gasteiger partial charge in [-0.15, -0.1) is 0 Å². The quantitative estimate of drug-likeness (QED) is 0.812. The maximum absolute atomic E-state index is 12.0. The van der Waals surface area contributed by atoms with Gasteiger partial charge in [-0.3, -0.25) is 4.79 Å². The average molecular weight is 309 g/mol. The lowest BCUT2D eigenvalue weighted by Crippen LogP contribution is -2.16. The molecule has 1 aliphatic heterocycles. The van der Waals surface area contributed by atoms with E-state index >= 15 is 0 Å². The van der Waals surface area contributed by atoms with Crippen molar-refractivity contribution in [2.45, 2.75) is 13.0 Å². The van der Waals surface area contributed by atoms with Gasteiger partial charge in [0, 0.05) is 5.56 Å². The summed E-state index contributed by atoms with van der Waals surface area (Å²) in [6, 6.07) is 14.5. The van der Waals surface area contributed by atoms with E-state index in [1.54, 1.807) is 30.3 Å². The molecule has 0 N–H and O–H groups in total. The number of fused-ring (bicyclic) bond motifs is 1. The molecular weight excluding hydrogens is 294 g/mol. The first-order chi connectivity index (χ1) is 11.3. The zero-order valence-electron chi connectivity index (χ0n) is 12.5. The van der Waals surface area contributed by atoms with E-state index < -0.39 is 0 Å². The van der Waals surface area contributed by atoms with Crippen LogP contribution in [0, 0.1) is 11.3 Å². The van der Waals surface area contributed by atoms with Crippen molar-refractivity contribution in [2.24, 2.45) is 0 Å². The number of hydrogen-bond acceptors (Lipinski definition) is 5. The zero-order chi connectivity index (χ0) is 16.1. The van der Waals surface area contributed by atoms with Gasteiger partial charge in [0.15, 0.2) is 11.5 Å². The summed E-state index contributed by atoms with van der Waals surface area (Å²) in [5.41, 5.74) is 2.01. The van der Waals surface area contributed by atoms with E-state index in [2.05, 4.69) is 6.07 Å². The molecule has 0 spiro atoms. The van der Waals surface area contributed by atoms with Crippen LogP contribution in [0.3, 0.4) is 0 Å². The van der Waals surface area contributed by atoms with E-state index in [0.717, 1.165) is 5.56 Å². The lowest BCUT2D eigenvalue weighted by Gasteiger charge is -2.18. The Morgan fingerprint density at radius 1 is 1.13 bits per heavy atom. The molecule has 0 bridgehead atoms. The van der Waals surface area contributed by atoms with Crippen molar-refractivity contribution in [1.82, 2.24) is 0 Å². The molecule has 0 aliphatic carbocycles. The predicted molar refractivity (Wildman–Crippen MR) is 82.1 cm³/mol. The fourth-order valence-electron chi connectivity index (χ4n) is 2.33. The van der Waals surface area contributed by atoms with E-state index in [-0.39, 0.29) is 19.0 Å². The van der Waals surface area contributed by atoms with Crippen molar-refractivity contribution >= 4 is 5.97 Å². The first-order valence-electron chi connectivity index (χ1n) is 7.28. The van der Waals surface area contributed by atoms with E-state index in [0.29, 0.717) is 35.8 Å². The summed E-state index contributed by atoms with van der Waals surface area (Å²) in [6.07, 6.45) is 0.144. The second kappa shape index (κ2) is 6.84. The molecule has 23 heavy (non-hydrogen) atoms. The van der Waals surface area contributed by atoms with E-state index in [1.807, 2.05) is 12.1 Å². The van der Waals surface area contributed by atoms with Crippen LogP contribution in [0.1, 0.15) is 16.7 Å². The third-order valence-corrected chi connectivity index (χ3v) is 3.48. The van der Waals surface area contributed by atoms with Crippen LogP contribution in [0.25, 0.3) is 0 Å². The summed E-state index contributed by atoms with van der Waals surface area (Å²) in [6.45, 7) is 1.13. The Morgan fingerprint density at radius 3 is 2.74 bits per heavy atom. The highest BCUT2D eigenvalue weighted by atomic mass is 16.6. The van der Waals surface area contributed by atoms with Crippen LogP contribution in [-0.4, -0.2) is 19.2 Å². The molecule has 0 aromatic heterocycles. The van der Waals surface area contributed by atoms with Gasteiger partial charge < -0.3 is 14.2 Å². The van der Waals surface area contributed by atoms with Gasteiger partial charge in [0.05, 0.1) is 18.1 Å². The number of benzene rings is 2. The normalized spacial score (nSPS) is 12.3. The lowest BCUT2D eigenvalue weighted by molar-refractivity contribution is -0.144. The number of carbonyl (C=O) groups excluding carboxylic acids is 1. The second-order valence-corrected chi connectivity index (χ2v) is 5.08. The largest absolute Gasteiger partial charge is 0.486 e. The maximum atomic E-state index is 12.0. The Morgan fingerprint density at radius 2 is 1.91 bits per heavy atom. The van der Waals surface area contributed by atoms with Crippen LogP contribution in [0.2, 0.25) is 0 Å². The van der Waals surface area contributed by atoms with Crippen LogP contribution in [-0.2, 0) is 22.6 Å². The second-order valence-electron chi connectivity index (χ2n) is 5.08. The maximum Gasteiger partial charge on any atom is 0.310 e. The number of carbonyl (C=O) groups is 1. The van der Waals surface area contributed by atoms with E-state index in [9.17, 15) is 4.79 Å². The Balaban J connectivity index is 1.60. The van der Waals surface area contributed by atoms with Gasteiger partial charge in [-0.2, -0.15) is 5.26 Å². The standard InChI is InChI=1S/C18H15NO4/c19-11-14-3-1-2-4-15(14)12-23-18(20)10-13-5-6-16-17(9-13)22-8-7-21-16/h1-6,9H,7-8,10,12H2. The summed E-state index contributed by atoms with van der Waals surface area (Å²) >= 11 is 0. The Kier molecular flexibility index (Phi) is 4.44. The van der Waals surface area contributed by atoms with Crippen molar-refractivity contribution in [1.29, 1.82) is 5.26 Å². The molecule has 1 aliphatic rings. The molecule has 0 radical (unpaired) electrons. The zero-order valence-corrected chi connectivity index (χ0v) is 12.5. The Bertz CT molecular complexity index is 764. The highest BCUT2D eigenvalue weighted by molar-refractivity contribution is 5.73. The molecule has 0 saturated carbocycles. The highest BCUT2D eigenvalue weighted by Gasteiger charge is 2.14. The van der Waals surface area contributed by atoms with Gasteiger partial charge in [0.2, 0.25) is 0 Å². The summed E-state index contributed by atoms with van der Waals surface area (Å²) in [5, 5.41) is 9.02.